The van der Waals surface area contributed by atoms with Crippen LogP contribution in [0.4, 0.5) is 0 Å². The van der Waals surface area contributed by atoms with Gasteiger partial charge in [0, 0.05) is 6.04 Å². The average molecular weight is 263 g/mol. The molecule has 2 rings (SSSR count). The number of nitrogens with one attached hydrogen (secondary N) is 1. The molecular formula is C15H21NO3. The Bertz CT molecular complexity index is 416. The van der Waals surface area contributed by atoms with Crippen LogP contribution in [0.15, 0.2) is 24.3 Å². The van der Waals surface area contributed by atoms with Crippen molar-refractivity contribution in [2.45, 2.75) is 44.7 Å². The Hall–Kier alpha value is -1.55. The van der Waals surface area contributed by atoms with Gasteiger partial charge in [-0.05, 0) is 43.4 Å². The van der Waals surface area contributed by atoms with Crippen molar-refractivity contribution < 1.29 is 14.6 Å². The lowest BCUT2D eigenvalue weighted by molar-refractivity contribution is -0.140. The van der Waals surface area contributed by atoms with Crippen LogP contribution < -0.4 is 10.1 Å². The van der Waals surface area contributed by atoms with E-state index in [0.29, 0.717) is 6.42 Å². The summed E-state index contributed by atoms with van der Waals surface area (Å²) in [6.07, 6.45) is 3.64. The van der Waals surface area contributed by atoms with E-state index in [4.69, 9.17) is 9.84 Å². The molecule has 2 N–H and O–H groups in total. The molecule has 1 aliphatic rings. The Balaban J connectivity index is 1.99. The number of piperidine rings is 1. The predicted octanol–water partition coefficient (Wildman–Crippen LogP) is 2.74. The summed E-state index contributed by atoms with van der Waals surface area (Å²) in [4.78, 5) is 11.0. The van der Waals surface area contributed by atoms with Crippen molar-refractivity contribution in [2.24, 2.45) is 0 Å². The highest BCUT2D eigenvalue weighted by Gasteiger charge is 2.26. The van der Waals surface area contributed by atoms with Crippen LogP contribution >= 0.6 is 0 Å². The number of carboxylic acid groups (broad SMARTS) is 1. The summed E-state index contributed by atoms with van der Waals surface area (Å²) >= 11 is 0. The zero-order valence-corrected chi connectivity index (χ0v) is 11.3. The van der Waals surface area contributed by atoms with Crippen molar-refractivity contribution in [3.63, 3.8) is 0 Å². The zero-order valence-electron chi connectivity index (χ0n) is 11.3. The molecule has 1 saturated heterocycles. The molecule has 4 heteroatoms. The van der Waals surface area contributed by atoms with Crippen molar-refractivity contribution in [2.75, 3.05) is 6.61 Å². The van der Waals surface area contributed by atoms with E-state index in [1.54, 1.807) is 0 Å². The van der Waals surface area contributed by atoms with Gasteiger partial charge in [0.25, 0.3) is 0 Å². The Morgan fingerprint density at radius 2 is 2.11 bits per heavy atom. The number of hydrogen-bond donors (Lipinski definition) is 2. The Morgan fingerprint density at radius 3 is 2.74 bits per heavy atom. The van der Waals surface area contributed by atoms with E-state index < -0.39 is 12.0 Å². The summed E-state index contributed by atoms with van der Waals surface area (Å²) in [5.41, 5.74) is 1.13. The highest BCUT2D eigenvalue weighted by molar-refractivity contribution is 5.73. The van der Waals surface area contributed by atoms with Crippen LogP contribution in [0.25, 0.3) is 0 Å². The molecule has 104 valence electrons. The van der Waals surface area contributed by atoms with Crippen LogP contribution in [0.5, 0.6) is 5.75 Å². The first kappa shape index (κ1) is 13.9. The molecule has 0 amide bonds. The predicted molar refractivity (Wildman–Crippen MR) is 73.4 cm³/mol. The minimum atomic E-state index is -0.757. The third-order valence-corrected chi connectivity index (χ3v) is 3.44. The van der Waals surface area contributed by atoms with Gasteiger partial charge in [0.05, 0.1) is 6.61 Å². The second-order valence-electron chi connectivity index (χ2n) is 4.96. The first-order valence-electron chi connectivity index (χ1n) is 6.92. The maximum absolute atomic E-state index is 11.0. The molecular weight excluding hydrogens is 242 g/mol. The quantitative estimate of drug-likeness (QED) is 0.857. The molecule has 1 aromatic carbocycles. The third-order valence-electron chi connectivity index (χ3n) is 3.44. The first-order valence-corrected chi connectivity index (χ1v) is 6.92. The number of benzene rings is 1. The van der Waals surface area contributed by atoms with Gasteiger partial charge in [0.15, 0.2) is 0 Å². The maximum atomic E-state index is 11.0. The topological polar surface area (TPSA) is 58.6 Å². The molecule has 4 nitrogen and oxygen atoms in total. The molecule has 0 spiro atoms. The molecule has 1 fully saturated rings. The van der Waals surface area contributed by atoms with Crippen LogP contribution in [0.3, 0.4) is 0 Å². The highest BCUT2D eigenvalue weighted by atomic mass is 16.5. The summed E-state index contributed by atoms with van der Waals surface area (Å²) in [6.45, 7) is 2.80. The number of aliphatic carboxylic acids is 1. The lowest BCUT2D eigenvalue weighted by Gasteiger charge is -2.29. The number of ether oxygens (including phenoxy) is 1. The zero-order chi connectivity index (χ0) is 13.7. The average Bonchev–Trinajstić information content (AvgIpc) is 2.46. The molecule has 0 radical (unpaired) electrons. The van der Waals surface area contributed by atoms with Crippen LogP contribution in [-0.4, -0.2) is 23.7 Å². The SMILES string of the molecule is CCCOc1ccc(C2CCCC(C(=O)O)N2)cc1. The normalized spacial score (nSPS) is 23.0. The first-order chi connectivity index (χ1) is 9.20. The Labute approximate surface area is 113 Å². The van der Waals surface area contributed by atoms with Gasteiger partial charge in [-0.2, -0.15) is 0 Å². The minimum absolute atomic E-state index is 0.134. The minimum Gasteiger partial charge on any atom is -0.494 e. The summed E-state index contributed by atoms with van der Waals surface area (Å²) in [6, 6.07) is 7.67. The fourth-order valence-corrected chi connectivity index (χ4v) is 2.41. The Morgan fingerprint density at radius 1 is 1.37 bits per heavy atom. The fourth-order valence-electron chi connectivity index (χ4n) is 2.41. The number of hydrogen-bond acceptors (Lipinski definition) is 3. The van der Waals surface area contributed by atoms with Crippen molar-refractivity contribution in [1.29, 1.82) is 0 Å². The van der Waals surface area contributed by atoms with Crippen molar-refractivity contribution >= 4 is 5.97 Å². The molecule has 19 heavy (non-hydrogen) atoms. The van der Waals surface area contributed by atoms with Crippen LogP contribution in [0.1, 0.15) is 44.2 Å². The third kappa shape index (κ3) is 3.70. The summed E-state index contributed by atoms with van der Waals surface area (Å²) < 4.78 is 5.54. The van der Waals surface area contributed by atoms with Gasteiger partial charge in [-0.3, -0.25) is 10.1 Å². The molecule has 1 aromatic rings. The molecule has 1 aliphatic heterocycles. The molecule has 1 heterocycles. The van der Waals surface area contributed by atoms with Crippen LogP contribution in [0, 0.1) is 0 Å². The van der Waals surface area contributed by atoms with E-state index in [1.165, 1.54) is 0 Å². The molecule has 0 bridgehead atoms. The van der Waals surface area contributed by atoms with Gasteiger partial charge in [0.2, 0.25) is 0 Å². The van der Waals surface area contributed by atoms with E-state index in [-0.39, 0.29) is 6.04 Å². The van der Waals surface area contributed by atoms with E-state index in [9.17, 15) is 4.79 Å². The monoisotopic (exact) mass is 263 g/mol. The standard InChI is InChI=1S/C15H21NO3/c1-2-10-19-12-8-6-11(7-9-12)13-4-3-5-14(16-13)15(17)18/h6-9,13-14,16H,2-5,10H2,1H3,(H,17,18). The van der Waals surface area contributed by atoms with E-state index >= 15 is 0 Å². The van der Waals surface area contributed by atoms with Gasteiger partial charge in [-0.1, -0.05) is 19.1 Å². The van der Waals surface area contributed by atoms with E-state index in [1.807, 2.05) is 24.3 Å². The van der Waals surface area contributed by atoms with Crippen LogP contribution in [0.2, 0.25) is 0 Å². The summed E-state index contributed by atoms with van der Waals surface area (Å²) in [7, 11) is 0. The van der Waals surface area contributed by atoms with Gasteiger partial charge in [-0.15, -0.1) is 0 Å². The Kier molecular flexibility index (Phi) is 4.80. The highest BCUT2D eigenvalue weighted by Crippen LogP contribution is 2.27. The van der Waals surface area contributed by atoms with Gasteiger partial charge < -0.3 is 9.84 Å². The molecule has 2 unspecified atom stereocenters. The van der Waals surface area contributed by atoms with Gasteiger partial charge in [0.1, 0.15) is 11.8 Å². The molecule has 0 saturated carbocycles. The number of carboxylic acids is 1. The maximum Gasteiger partial charge on any atom is 0.320 e. The summed E-state index contributed by atoms with van der Waals surface area (Å²) in [5.74, 6) is 0.115. The fraction of sp³-hybridized carbons (Fsp3) is 0.533. The number of carbonyl (C=O) groups is 1. The molecule has 2 atom stereocenters. The van der Waals surface area contributed by atoms with E-state index in [2.05, 4.69) is 12.2 Å². The van der Waals surface area contributed by atoms with Crippen molar-refractivity contribution in [1.82, 2.24) is 5.32 Å². The lowest BCUT2D eigenvalue weighted by atomic mass is 9.93. The van der Waals surface area contributed by atoms with Crippen molar-refractivity contribution in [3.05, 3.63) is 29.8 Å². The van der Waals surface area contributed by atoms with E-state index in [0.717, 1.165) is 37.2 Å². The smallest absolute Gasteiger partial charge is 0.320 e. The second kappa shape index (κ2) is 6.57. The molecule has 0 aliphatic carbocycles. The molecule has 0 aromatic heterocycles. The van der Waals surface area contributed by atoms with Gasteiger partial charge >= 0.3 is 5.97 Å². The summed E-state index contributed by atoms with van der Waals surface area (Å²) in [5, 5.41) is 12.3. The van der Waals surface area contributed by atoms with Gasteiger partial charge in [-0.25, -0.2) is 0 Å². The second-order valence-corrected chi connectivity index (χ2v) is 4.96. The van der Waals surface area contributed by atoms with Crippen LogP contribution in [-0.2, 0) is 4.79 Å². The van der Waals surface area contributed by atoms with Crippen molar-refractivity contribution in [3.8, 4) is 5.75 Å². The lowest BCUT2D eigenvalue weighted by Crippen LogP contribution is -2.42. The largest absolute Gasteiger partial charge is 0.494 e. The number of rotatable bonds is 5.